The molecule has 108 valence electrons. The van der Waals surface area contributed by atoms with Crippen molar-refractivity contribution in [2.24, 2.45) is 5.92 Å². The summed E-state index contributed by atoms with van der Waals surface area (Å²) in [6, 6.07) is 5.09. The van der Waals surface area contributed by atoms with Crippen molar-refractivity contribution >= 4 is 27.8 Å². The molecule has 0 bridgehead atoms. The maximum absolute atomic E-state index is 12.2. The van der Waals surface area contributed by atoms with E-state index in [1.165, 1.54) is 0 Å². The molecule has 0 saturated heterocycles. The minimum atomic E-state index is -0.788. The lowest BCUT2D eigenvalue weighted by Gasteiger charge is -2.14. The second kappa shape index (κ2) is 6.26. The minimum Gasteiger partial charge on any atom is -0.497 e. The molecule has 2 rings (SSSR count). The van der Waals surface area contributed by atoms with Crippen LogP contribution in [0, 0.1) is 5.92 Å². The lowest BCUT2D eigenvalue weighted by Crippen LogP contribution is -2.33. The number of carboxylic acids is 1. The Bertz CT molecular complexity index is 532. The molecular weight excluding hydrogens is 326 g/mol. The quantitative estimate of drug-likeness (QED) is 0.881. The fourth-order valence-corrected chi connectivity index (χ4v) is 2.83. The number of hydrogen-bond acceptors (Lipinski definition) is 3. The Labute approximate surface area is 125 Å². The van der Waals surface area contributed by atoms with Gasteiger partial charge in [0.15, 0.2) is 0 Å². The van der Waals surface area contributed by atoms with Crippen molar-refractivity contribution < 1.29 is 19.4 Å². The van der Waals surface area contributed by atoms with Gasteiger partial charge >= 0.3 is 5.97 Å². The van der Waals surface area contributed by atoms with Crippen LogP contribution in [0.3, 0.4) is 0 Å². The molecule has 0 aromatic heterocycles. The van der Waals surface area contributed by atoms with Crippen LogP contribution in [0.4, 0.5) is 0 Å². The van der Waals surface area contributed by atoms with E-state index in [1.54, 1.807) is 25.3 Å². The highest BCUT2D eigenvalue weighted by Crippen LogP contribution is 2.27. The molecule has 20 heavy (non-hydrogen) atoms. The van der Waals surface area contributed by atoms with E-state index in [0.717, 1.165) is 0 Å². The third-order valence-corrected chi connectivity index (χ3v) is 4.23. The van der Waals surface area contributed by atoms with Gasteiger partial charge in [0, 0.05) is 10.5 Å². The van der Waals surface area contributed by atoms with Crippen molar-refractivity contribution in [1.29, 1.82) is 0 Å². The summed E-state index contributed by atoms with van der Waals surface area (Å²) in [5.41, 5.74) is 0.489. The molecule has 1 aromatic carbocycles. The van der Waals surface area contributed by atoms with Gasteiger partial charge in [-0.3, -0.25) is 9.59 Å². The first-order valence-corrected chi connectivity index (χ1v) is 7.17. The van der Waals surface area contributed by atoms with E-state index < -0.39 is 5.97 Å². The number of carbonyl (C=O) groups excluding carboxylic acids is 1. The Morgan fingerprint density at radius 2 is 2.15 bits per heavy atom. The first-order valence-electron chi connectivity index (χ1n) is 6.38. The van der Waals surface area contributed by atoms with Gasteiger partial charge in [-0.15, -0.1) is 0 Å². The fraction of sp³-hybridized carbons (Fsp3) is 0.429. The van der Waals surface area contributed by atoms with Gasteiger partial charge in [-0.05, 0) is 53.4 Å². The molecule has 1 aliphatic carbocycles. The summed E-state index contributed by atoms with van der Waals surface area (Å²) in [4.78, 5) is 23.1. The van der Waals surface area contributed by atoms with E-state index in [0.29, 0.717) is 35.0 Å². The van der Waals surface area contributed by atoms with E-state index in [2.05, 4.69) is 21.2 Å². The number of halogens is 1. The molecular formula is C14H16BrNO4. The van der Waals surface area contributed by atoms with Gasteiger partial charge in [0.1, 0.15) is 5.75 Å². The molecule has 0 unspecified atom stereocenters. The van der Waals surface area contributed by atoms with Crippen LogP contribution >= 0.6 is 15.9 Å². The SMILES string of the molecule is COc1ccc(Br)c(C(=O)N[C@@H]2CC[C@H](C(=O)O)C2)c1. The summed E-state index contributed by atoms with van der Waals surface area (Å²) in [6.07, 6.45) is 1.80. The molecule has 5 nitrogen and oxygen atoms in total. The van der Waals surface area contributed by atoms with Crippen LogP contribution in [0.1, 0.15) is 29.6 Å². The van der Waals surface area contributed by atoms with Gasteiger partial charge in [0.25, 0.3) is 5.91 Å². The average molecular weight is 342 g/mol. The molecule has 0 spiro atoms. The number of rotatable bonds is 4. The summed E-state index contributed by atoms with van der Waals surface area (Å²) in [5, 5.41) is 11.8. The number of carboxylic acid groups (broad SMARTS) is 1. The van der Waals surface area contributed by atoms with Crippen LogP contribution in [0.25, 0.3) is 0 Å². The normalized spacial score (nSPS) is 21.5. The first-order chi connectivity index (χ1) is 9.51. The van der Waals surface area contributed by atoms with Crippen LogP contribution in [-0.2, 0) is 4.79 Å². The van der Waals surface area contributed by atoms with Gasteiger partial charge < -0.3 is 15.2 Å². The van der Waals surface area contributed by atoms with Crippen molar-refractivity contribution in [2.75, 3.05) is 7.11 Å². The number of hydrogen-bond donors (Lipinski definition) is 2. The van der Waals surface area contributed by atoms with E-state index in [4.69, 9.17) is 9.84 Å². The summed E-state index contributed by atoms with van der Waals surface area (Å²) in [6.45, 7) is 0. The van der Waals surface area contributed by atoms with Crippen LogP contribution in [-0.4, -0.2) is 30.1 Å². The molecule has 6 heteroatoms. The Kier molecular flexibility index (Phi) is 4.65. The largest absolute Gasteiger partial charge is 0.497 e. The number of benzene rings is 1. The molecule has 1 amide bonds. The predicted molar refractivity (Wildman–Crippen MR) is 76.9 cm³/mol. The summed E-state index contributed by atoms with van der Waals surface area (Å²) < 4.78 is 5.78. The standard InChI is InChI=1S/C14H16BrNO4/c1-20-10-4-5-12(15)11(7-10)13(17)16-9-3-2-8(6-9)14(18)19/h4-5,7-9H,2-3,6H2,1H3,(H,16,17)(H,18,19)/t8-,9+/m0/s1. The zero-order valence-electron chi connectivity index (χ0n) is 11.1. The highest BCUT2D eigenvalue weighted by Gasteiger charge is 2.30. The Hall–Kier alpha value is -1.56. The van der Waals surface area contributed by atoms with Gasteiger partial charge in [0.05, 0.1) is 18.6 Å². The average Bonchev–Trinajstić information content (AvgIpc) is 2.88. The van der Waals surface area contributed by atoms with Crippen molar-refractivity contribution in [3.63, 3.8) is 0 Å². The Morgan fingerprint density at radius 1 is 1.40 bits per heavy atom. The lowest BCUT2D eigenvalue weighted by molar-refractivity contribution is -0.141. The molecule has 1 aliphatic rings. The number of ether oxygens (including phenoxy) is 1. The second-order valence-electron chi connectivity index (χ2n) is 4.86. The summed E-state index contributed by atoms with van der Waals surface area (Å²) in [5.74, 6) is -0.752. The maximum Gasteiger partial charge on any atom is 0.306 e. The fourth-order valence-electron chi connectivity index (χ4n) is 2.41. The van der Waals surface area contributed by atoms with Gasteiger partial charge in [-0.1, -0.05) is 0 Å². The molecule has 1 aromatic rings. The molecule has 2 atom stereocenters. The number of carbonyl (C=O) groups is 2. The van der Waals surface area contributed by atoms with E-state index in [-0.39, 0.29) is 17.9 Å². The van der Waals surface area contributed by atoms with Gasteiger partial charge in [0.2, 0.25) is 0 Å². The van der Waals surface area contributed by atoms with Crippen LogP contribution < -0.4 is 10.1 Å². The molecule has 1 saturated carbocycles. The zero-order valence-corrected chi connectivity index (χ0v) is 12.6. The first kappa shape index (κ1) is 14.8. The molecule has 2 N–H and O–H groups in total. The van der Waals surface area contributed by atoms with Crippen molar-refractivity contribution in [3.8, 4) is 5.75 Å². The minimum absolute atomic E-state index is 0.0818. The lowest BCUT2D eigenvalue weighted by atomic mass is 10.1. The summed E-state index contributed by atoms with van der Waals surface area (Å²) >= 11 is 3.33. The van der Waals surface area contributed by atoms with Crippen molar-refractivity contribution in [2.45, 2.75) is 25.3 Å². The van der Waals surface area contributed by atoms with E-state index >= 15 is 0 Å². The number of methoxy groups -OCH3 is 1. The Balaban J connectivity index is 2.04. The van der Waals surface area contributed by atoms with Gasteiger partial charge in [-0.25, -0.2) is 0 Å². The van der Waals surface area contributed by atoms with E-state index in [9.17, 15) is 9.59 Å². The van der Waals surface area contributed by atoms with Crippen LogP contribution in [0.2, 0.25) is 0 Å². The highest BCUT2D eigenvalue weighted by molar-refractivity contribution is 9.10. The monoisotopic (exact) mass is 341 g/mol. The predicted octanol–water partition coefficient (Wildman–Crippen LogP) is 2.44. The third kappa shape index (κ3) is 3.30. The summed E-state index contributed by atoms with van der Waals surface area (Å²) in [7, 11) is 1.54. The van der Waals surface area contributed by atoms with Crippen LogP contribution in [0.15, 0.2) is 22.7 Å². The second-order valence-corrected chi connectivity index (χ2v) is 5.72. The number of aliphatic carboxylic acids is 1. The molecule has 0 aliphatic heterocycles. The van der Waals surface area contributed by atoms with Gasteiger partial charge in [-0.2, -0.15) is 0 Å². The van der Waals surface area contributed by atoms with E-state index in [1.807, 2.05) is 0 Å². The molecule has 0 heterocycles. The molecule has 0 radical (unpaired) electrons. The smallest absolute Gasteiger partial charge is 0.306 e. The maximum atomic E-state index is 12.2. The topological polar surface area (TPSA) is 75.6 Å². The van der Waals surface area contributed by atoms with Crippen LogP contribution in [0.5, 0.6) is 5.75 Å². The van der Waals surface area contributed by atoms with Crippen molar-refractivity contribution in [1.82, 2.24) is 5.32 Å². The van der Waals surface area contributed by atoms with Crippen molar-refractivity contribution in [3.05, 3.63) is 28.2 Å². The Morgan fingerprint density at radius 3 is 2.75 bits per heavy atom. The zero-order chi connectivity index (χ0) is 14.7. The molecule has 1 fully saturated rings. The number of nitrogens with one attached hydrogen (secondary N) is 1. The number of amides is 1. The third-order valence-electron chi connectivity index (χ3n) is 3.54. The highest BCUT2D eigenvalue weighted by atomic mass is 79.9.